The minimum Gasteiger partial charge on any atom is -0.494 e. The Kier molecular flexibility index (Phi) is 6.81. The molecule has 0 fully saturated rings. The van der Waals surface area contributed by atoms with E-state index in [1.165, 1.54) is 17.9 Å². The van der Waals surface area contributed by atoms with Gasteiger partial charge in [-0.25, -0.2) is 4.79 Å². The lowest BCUT2D eigenvalue weighted by Gasteiger charge is -2.16. The standard InChI is InChI=1S/C17H20N2O4/c1-5-22-15-8-6-13(7-9-15)10-14(11-18)17(21)23-12(2)16(20)19(3)4/h6-10,12H,5H2,1-4H3/b14-10+/t12-/m1/s1. The van der Waals surface area contributed by atoms with E-state index in [9.17, 15) is 9.59 Å². The molecule has 0 bridgehead atoms. The number of carbonyl (C=O) groups is 2. The maximum atomic E-state index is 12.0. The van der Waals surface area contributed by atoms with E-state index in [1.54, 1.807) is 44.4 Å². The molecule has 122 valence electrons. The summed E-state index contributed by atoms with van der Waals surface area (Å²) in [5.41, 5.74) is 0.487. The molecule has 0 saturated carbocycles. The van der Waals surface area contributed by atoms with Crippen LogP contribution in [0.15, 0.2) is 29.8 Å². The summed E-state index contributed by atoms with van der Waals surface area (Å²) in [4.78, 5) is 25.0. The monoisotopic (exact) mass is 316 g/mol. The molecule has 6 nitrogen and oxygen atoms in total. The quantitative estimate of drug-likeness (QED) is 0.456. The Bertz CT molecular complexity index is 627. The van der Waals surface area contributed by atoms with E-state index < -0.39 is 12.1 Å². The fraction of sp³-hybridized carbons (Fsp3) is 0.353. The van der Waals surface area contributed by atoms with E-state index in [0.717, 1.165) is 0 Å². The summed E-state index contributed by atoms with van der Waals surface area (Å²) in [5.74, 6) is -0.475. The number of hydrogen-bond acceptors (Lipinski definition) is 5. The molecule has 1 rings (SSSR count). The third kappa shape index (κ3) is 5.47. The van der Waals surface area contributed by atoms with Crippen molar-refractivity contribution in [1.29, 1.82) is 5.26 Å². The predicted octanol–water partition coefficient (Wildman–Crippen LogP) is 2.01. The van der Waals surface area contributed by atoms with Gasteiger partial charge in [0.05, 0.1) is 6.61 Å². The average Bonchev–Trinajstić information content (AvgIpc) is 2.53. The maximum Gasteiger partial charge on any atom is 0.349 e. The number of ether oxygens (including phenoxy) is 2. The normalized spacial score (nSPS) is 12.0. The Hall–Kier alpha value is -2.81. The first kappa shape index (κ1) is 18.2. The zero-order valence-corrected chi connectivity index (χ0v) is 13.7. The van der Waals surface area contributed by atoms with Crippen LogP contribution in [-0.4, -0.2) is 43.6 Å². The smallest absolute Gasteiger partial charge is 0.349 e. The zero-order chi connectivity index (χ0) is 17.4. The molecule has 0 aliphatic rings. The third-order valence-corrected chi connectivity index (χ3v) is 2.91. The van der Waals surface area contributed by atoms with E-state index in [0.29, 0.717) is 17.9 Å². The van der Waals surface area contributed by atoms with E-state index in [1.807, 2.05) is 6.92 Å². The summed E-state index contributed by atoms with van der Waals surface area (Å²) in [5, 5.41) is 9.12. The highest BCUT2D eigenvalue weighted by Gasteiger charge is 2.21. The summed E-state index contributed by atoms with van der Waals surface area (Å²) in [6, 6.07) is 8.73. The van der Waals surface area contributed by atoms with Crippen LogP contribution >= 0.6 is 0 Å². The SMILES string of the molecule is CCOc1ccc(/C=C(\C#N)C(=O)O[C@H](C)C(=O)N(C)C)cc1. The lowest BCUT2D eigenvalue weighted by atomic mass is 10.1. The molecule has 6 heteroatoms. The first-order valence-corrected chi connectivity index (χ1v) is 7.15. The van der Waals surface area contributed by atoms with E-state index in [2.05, 4.69) is 0 Å². The Labute approximate surface area is 135 Å². The molecule has 1 aromatic carbocycles. The third-order valence-electron chi connectivity index (χ3n) is 2.91. The van der Waals surface area contributed by atoms with E-state index in [-0.39, 0.29) is 11.5 Å². The van der Waals surface area contributed by atoms with Crippen LogP contribution < -0.4 is 4.74 Å². The Morgan fingerprint density at radius 1 is 1.30 bits per heavy atom. The Morgan fingerprint density at radius 2 is 1.91 bits per heavy atom. The molecular weight excluding hydrogens is 296 g/mol. The molecule has 0 N–H and O–H groups in total. The van der Waals surface area contributed by atoms with Crippen LogP contribution in [0, 0.1) is 11.3 Å². The number of nitrogens with zero attached hydrogens (tertiary/aromatic N) is 2. The fourth-order valence-electron chi connectivity index (χ4n) is 1.77. The molecule has 0 spiro atoms. The number of esters is 1. The number of benzene rings is 1. The first-order valence-electron chi connectivity index (χ1n) is 7.15. The lowest BCUT2D eigenvalue weighted by Crippen LogP contribution is -2.35. The molecular formula is C17H20N2O4. The van der Waals surface area contributed by atoms with Crippen molar-refractivity contribution in [2.24, 2.45) is 0 Å². The topological polar surface area (TPSA) is 79.6 Å². The maximum absolute atomic E-state index is 12.0. The number of likely N-dealkylation sites (N-methyl/N-ethyl adjacent to an activating group) is 1. The van der Waals surface area contributed by atoms with Gasteiger partial charge in [-0.3, -0.25) is 4.79 Å². The number of nitriles is 1. The first-order chi connectivity index (χ1) is 10.9. The lowest BCUT2D eigenvalue weighted by molar-refractivity contribution is -0.154. The summed E-state index contributed by atoms with van der Waals surface area (Å²) >= 11 is 0. The number of rotatable bonds is 6. The Balaban J connectivity index is 2.84. The Morgan fingerprint density at radius 3 is 2.39 bits per heavy atom. The van der Waals surface area contributed by atoms with Crippen molar-refractivity contribution < 1.29 is 19.1 Å². The van der Waals surface area contributed by atoms with Gasteiger partial charge in [0, 0.05) is 14.1 Å². The van der Waals surface area contributed by atoms with Gasteiger partial charge < -0.3 is 14.4 Å². The van der Waals surface area contributed by atoms with Crippen molar-refractivity contribution in [2.75, 3.05) is 20.7 Å². The van der Waals surface area contributed by atoms with E-state index >= 15 is 0 Å². The second-order valence-corrected chi connectivity index (χ2v) is 4.95. The van der Waals surface area contributed by atoms with Crippen molar-refractivity contribution >= 4 is 18.0 Å². The van der Waals surface area contributed by atoms with Gasteiger partial charge in [-0.15, -0.1) is 0 Å². The van der Waals surface area contributed by atoms with E-state index in [4.69, 9.17) is 14.7 Å². The van der Waals surface area contributed by atoms with Crippen molar-refractivity contribution in [3.8, 4) is 11.8 Å². The van der Waals surface area contributed by atoms with Gasteiger partial charge in [0.2, 0.25) is 0 Å². The van der Waals surface area contributed by atoms with Crippen LogP contribution in [0.1, 0.15) is 19.4 Å². The second-order valence-electron chi connectivity index (χ2n) is 4.95. The van der Waals surface area contributed by atoms with Crippen LogP contribution in [0.4, 0.5) is 0 Å². The highest BCUT2D eigenvalue weighted by atomic mass is 16.5. The molecule has 0 unspecified atom stereocenters. The predicted molar refractivity (Wildman–Crippen MR) is 85.4 cm³/mol. The molecule has 0 saturated heterocycles. The van der Waals surface area contributed by atoms with Crippen LogP contribution in [-0.2, 0) is 14.3 Å². The van der Waals surface area contributed by atoms with Crippen LogP contribution in [0.5, 0.6) is 5.75 Å². The largest absolute Gasteiger partial charge is 0.494 e. The molecule has 0 aliphatic carbocycles. The number of hydrogen-bond donors (Lipinski definition) is 0. The minimum absolute atomic E-state index is 0.174. The van der Waals surface area contributed by atoms with Crippen molar-refractivity contribution in [3.05, 3.63) is 35.4 Å². The summed E-state index contributed by atoms with van der Waals surface area (Å²) in [7, 11) is 3.13. The number of carbonyl (C=O) groups excluding carboxylic acids is 2. The van der Waals surface area contributed by atoms with Gasteiger partial charge in [0.25, 0.3) is 5.91 Å². The highest BCUT2D eigenvalue weighted by Crippen LogP contribution is 2.15. The van der Waals surface area contributed by atoms with Crippen LogP contribution in [0.25, 0.3) is 6.08 Å². The summed E-state index contributed by atoms with van der Waals surface area (Å²) < 4.78 is 10.3. The van der Waals surface area contributed by atoms with Gasteiger partial charge in [0.1, 0.15) is 17.4 Å². The van der Waals surface area contributed by atoms with Crippen LogP contribution in [0.2, 0.25) is 0 Å². The minimum atomic E-state index is -0.949. The summed E-state index contributed by atoms with van der Waals surface area (Å²) in [6.07, 6.45) is 0.458. The molecule has 0 radical (unpaired) electrons. The van der Waals surface area contributed by atoms with Gasteiger partial charge in [0.15, 0.2) is 6.10 Å². The highest BCUT2D eigenvalue weighted by molar-refractivity contribution is 5.99. The fourth-order valence-corrected chi connectivity index (χ4v) is 1.77. The molecule has 0 aliphatic heterocycles. The van der Waals surface area contributed by atoms with Crippen molar-refractivity contribution in [1.82, 2.24) is 4.90 Å². The molecule has 0 heterocycles. The van der Waals surface area contributed by atoms with Gasteiger partial charge >= 0.3 is 5.97 Å². The average molecular weight is 316 g/mol. The second kappa shape index (κ2) is 8.59. The molecule has 1 atom stereocenters. The summed E-state index contributed by atoms with van der Waals surface area (Å²) in [6.45, 7) is 3.91. The van der Waals surface area contributed by atoms with Crippen molar-refractivity contribution in [3.63, 3.8) is 0 Å². The zero-order valence-electron chi connectivity index (χ0n) is 13.7. The number of amides is 1. The molecule has 23 heavy (non-hydrogen) atoms. The van der Waals surface area contributed by atoms with Gasteiger partial charge in [-0.1, -0.05) is 12.1 Å². The van der Waals surface area contributed by atoms with Gasteiger partial charge in [-0.2, -0.15) is 5.26 Å². The van der Waals surface area contributed by atoms with Crippen LogP contribution in [0.3, 0.4) is 0 Å². The molecule has 1 amide bonds. The molecule has 0 aromatic heterocycles. The van der Waals surface area contributed by atoms with Gasteiger partial charge in [-0.05, 0) is 37.6 Å². The molecule has 1 aromatic rings. The van der Waals surface area contributed by atoms with Crippen molar-refractivity contribution in [2.45, 2.75) is 20.0 Å².